The molecule has 0 spiro atoms. The van der Waals surface area contributed by atoms with Gasteiger partial charge in [0.1, 0.15) is 0 Å². The highest BCUT2D eigenvalue weighted by Gasteiger charge is 2.25. The second kappa shape index (κ2) is 8.85. The molecular weight excluding hydrogens is 494 g/mol. The van der Waals surface area contributed by atoms with Crippen LogP contribution in [0.2, 0.25) is 20.1 Å². The van der Waals surface area contributed by atoms with E-state index in [1.807, 2.05) is 0 Å². The van der Waals surface area contributed by atoms with E-state index in [0.29, 0.717) is 42.3 Å². The Morgan fingerprint density at radius 2 is 0.806 bits per heavy atom. The molecule has 4 aromatic rings. The van der Waals surface area contributed by atoms with Gasteiger partial charge in [0, 0.05) is 31.2 Å². The van der Waals surface area contributed by atoms with Crippen molar-refractivity contribution in [2.45, 2.75) is 9.79 Å². The molecule has 0 saturated heterocycles. The number of hydrogen-bond acceptors (Lipinski definition) is 2. The van der Waals surface area contributed by atoms with Crippen LogP contribution >= 0.6 is 46.4 Å². The summed E-state index contributed by atoms with van der Waals surface area (Å²) in [4.78, 5) is 0.294. The summed E-state index contributed by atoms with van der Waals surface area (Å²) in [6.07, 6.45) is 0. The van der Waals surface area contributed by atoms with Gasteiger partial charge in [0.15, 0.2) is 0 Å². The lowest BCUT2D eigenvalue weighted by atomic mass is 10.1. The normalized spacial score (nSPS) is 11.5. The summed E-state index contributed by atoms with van der Waals surface area (Å²) in [5, 5.41) is 1.68. The van der Waals surface area contributed by atoms with Crippen molar-refractivity contribution in [3.8, 4) is 22.3 Å². The fourth-order valence-electron chi connectivity index (χ4n) is 3.42. The quantitative estimate of drug-likeness (QED) is 0.277. The molecule has 0 saturated carbocycles. The zero-order valence-electron chi connectivity index (χ0n) is 15.8. The van der Waals surface area contributed by atoms with Crippen molar-refractivity contribution < 1.29 is 8.42 Å². The molecule has 0 fully saturated rings. The van der Waals surface area contributed by atoms with E-state index in [-0.39, 0.29) is 9.79 Å². The topological polar surface area (TPSA) is 34.1 Å². The summed E-state index contributed by atoms with van der Waals surface area (Å²) >= 11 is 24.6. The number of halogens is 4. The highest BCUT2D eigenvalue weighted by atomic mass is 35.5. The Kier molecular flexibility index (Phi) is 6.34. The predicted molar refractivity (Wildman–Crippen MR) is 129 cm³/mol. The Morgan fingerprint density at radius 1 is 0.484 bits per heavy atom. The SMILES string of the molecule is O=S(=O)(c1ccccc1-c1cc(Cl)cc(Cl)c1)c1ccccc1-c1cc(Cl)cc(Cl)c1. The predicted octanol–water partition coefficient (Wildman–Crippen LogP) is 8.47. The number of benzene rings is 4. The van der Waals surface area contributed by atoms with Gasteiger partial charge in [-0.15, -0.1) is 0 Å². The molecular formula is C24H14Cl4O2S. The summed E-state index contributed by atoms with van der Waals surface area (Å²) in [7, 11) is -3.92. The Balaban J connectivity index is 1.95. The molecule has 0 N–H and O–H groups in total. The molecule has 4 rings (SSSR count). The van der Waals surface area contributed by atoms with Gasteiger partial charge >= 0.3 is 0 Å². The molecule has 0 aliphatic rings. The molecule has 0 bridgehead atoms. The largest absolute Gasteiger partial charge is 0.218 e. The van der Waals surface area contributed by atoms with Crippen molar-refractivity contribution >= 4 is 56.2 Å². The molecule has 2 nitrogen and oxygen atoms in total. The zero-order chi connectivity index (χ0) is 22.2. The lowest BCUT2D eigenvalue weighted by Gasteiger charge is -2.15. The van der Waals surface area contributed by atoms with Crippen molar-refractivity contribution in [3.05, 3.63) is 105 Å². The molecule has 0 radical (unpaired) electrons. The average Bonchev–Trinajstić information content (AvgIpc) is 2.72. The first-order valence-electron chi connectivity index (χ1n) is 9.12. The summed E-state index contributed by atoms with van der Waals surface area (Å²) in [6, 6.07) is 23.4. The van der Waals surface area contributed by atoms with Gasteiger partial charge in [-0.25, -0.2) is 8.42 Å². The van der Waals surface area contributed by atoms with Crippen molar-refractivity contribution in [2.75, 3.05) is 0 Å². The van der Waals surface area contributed by atoms with E-state index in [0.717, 1.165) is 0 Å². The van der Waals surface area contributed by atoms with Crippen LogP contribution in [0, 0.1) is 0 Å². The van der Waals surface area contributed by atoms with Crippen LogP contribution in [-0.2, 0) is 9.84 Å². The van der Waals surface area contributed by atoms with Crippen LogP contribution in [0.5, 0.6) is 0 Å². The molecule has 0 atom stereocenters. The van der Waals surface area contributed by atoms with E-state index in [4.69, 9.17) is 46.4 Å². The monoisotopic (exact) mass is 506 g/mol. The van der Waals surface area contributed by atoms with E-state index in [2.05, 4.69) is 0 Å². The molecule has 0 aromatic heterocycles. The average molecular weight is 508 g/mol. The van der Waals surface area contributed by atoms with Gasteiger partial charge in [-0.05, 0) is 59.7 Å². The Bertz CT molecular complexity index is 1260. The standard InChI is InChI=1S/C24H14Cl4O2S/c25-17-9-15(10-18(26)13-17)21-5-1-3-7-23(21)31(29,30)24-8-4-2-6-22(24)16-11-19(27)14-20(28)12-16/h1-14H. The summed E-state index contributed by atoms with van der Waals surface area (Å²) in [6.45, 7) is 0. The molecule has 0 aliphatic heterocycles. The first-order chi connectivity index (χ1) is 14.8. The minimum Gasteiger partial charge on any atom is -0.218 e. The van der Waals surface area contributed by atoms with Crippen molar-refractivity contribution in [3.63, 3.8) is 0 Å². The van der Waals surface area contributed by atoms with E-state index >= 15 is 0 Å². The fourth-order valence-corrected chi connectivity index (χ4v) is 6.17. The highest BCUT2D eigenvalue weighted by molar-refractivity contribution is 7.91. The lowest BCUT2D eigenvalue weighted by Crippen LogP contribution is -2.06. The maximum Gasteiger partial charge on any atom is 0.207 e. The number of rotatable bonds is 4. The van der Waals surface area contributed by atoms with Crippen molar-refractivity contribution in [1.82, 2.24) is 0 Å². The molecule has 0 heterocycles. The van der Waals surface area contributed by atoms with E-state index in [1.165, 1.54) is 0 Å². The third-order valence-electron chi connectivity index (χ3n) is 4.70. The molecule has 31 heavy (non-hydrogen) atoms. The minimum atomic E-state index is -3.92. The number of hydrogen-bond donors (Lipinski definition) is 0. The van der Waals surface area contributed by atoms with Crippen molar-refractivity contribution in [1.29, 1.82) is 0 Å². The van der Waals surface area contributed by atoms with Crippen LogP contribution < -0.4 is 0 Å². The molecule has 156 valence electrons. The van der Waals surface area contributed by atoms with Gasteiger partial charge in [-0.1, -0.05) is 82.8 Å². The van der Waals surface area contributed by atoms with Gasteiger partial charge in [0.2, 0.25) is 9.84 Å². The highest BCUT2D eigenvalue weighted by Crippen LogP contribution is 2.38. The third-order valence-corrected chi connectivity index (χ3v) is 7.44. The lowest BCUT2D eigenvalue weighted by molar-refractivity contribution is 0.596. The van der Waals surface area contributed by atoms with Gasteiger partial charge in [0.25, 0.3) is 0 Å². The first-order valence-corrected chi connectivity index (χ1v) is 12.1. The van der Waals surface area contributed by atoms with E-state index < -0.39 is 9.84 Å². The maximum absolute atomic E-state index is 13.8. The molecule has 0 aliphatic carbocycles. The van der Waals surface area contributed by atoms with E-state index in [1.54, 1.807) is 84.9 Å². The summed E-state index contributed by atoms with van der Waals surface area (Å²) in [5.41, 5.74) is 2.23. The summed E-state index contributed by atoms with van der Waals surface area (Å²) in [5.74, 6) is 0. The van der Waals surface area contributed by atoms with E-state index in [9.17, 15) is 8.42 Å². The molecule has 4 aromatic carbocycles. The first kappa shape index (κ1) is 22.2. The second-order valence-corrected chi connectivity index (χ2v) is 10.4. The Morgan fingerprint density at radius 3 is 1.16 bits per heavy atom. The van der Waals surface area contributed by atoms with Crippen LogP contribution in [0.3, 0.4) is 0 Å². The third kappa shape index (κ3) is 4.62. The smallest absolute Gasteiger partial charge is 0.207 e. The van der Waals surface area contributed by atoms with Crippen LogP contribution in [0.4, 0.5) is 0 Å². The summed E-state index contributed by atoms with van der Waals surface area (Å²) < 4.78 is 27.7. The Hall–Kier alpha value is -2.01. The second-order valence-electron chi connectivity index (χ2n) is 6.81. The van der Waals surface area contributed by atoms with Crippen molar-refractivity contribution in [2.24, 2.45) is 0 Å². The molecule has 7 heteroatoms. The molecule has 0 unspecified atom stereocenters. The van der Waals surface area contributed by atoms with Gasteiger partial charge in [-0.3, -0.25) is 0 Å². The van der Waals surface area contributed by atoms with Crippen LogP contribution in [0.15, 0.2) is 94.7 Å². The number of sulfone groups is 1. The fraction of sp³-hybridized carbons (Fsp3) is 0. The van der Waals surface area contributed by atoms with Crippen LogP contribution in [-0.4, -0.2) is 8.42 Å². The maximum atomic E-state index is 13.8. The van der Waals surface area contributed by atoms with Gasteiger partial charge in [-0.2, -0.15) is 0 Å². The van der Waals surface area contributed by atoms with Gasteiger partial charge < -0.3 is 0 Å². The molecule has 0 amide bonds. The zero-order valence-corrected chi connectivity index (χ0v) is 19.7. The van der Waals surface area contributed by atoms with Crippen LogP contribution in [0.25, 0.3) is 22.3 Å². The Labute approximate surface area is 200 Å². The minimum absolute atomic E-state index is 0.147. The van der Waals surface area contributed by atoms with Crippen LogP contribution in [0.1, 0.15) is 0 Å². The van der Waals surface area contributed by atoms with Gasteiger partial charge in [0.05, 0.1) is 9.79 Å².